The molecular formula is C23H27N5O4S2. The lowest BCUT2D eigenvalue weighted by Crippen LogP contribution is -2.45. The number of methoxy groups -OCH3 is 1. The number of ether oxygens (including phenoxy) is 1. The normalized spacial score (nSPS) is 16.8. The van der Waals surface area contributed by atoms with E-state index in [0.717, 1.165) is 5.56 Å². The van der Waals surface area contributed by atoms with Gasteiger partial charge in [-0.3, -0.25) is 9.89 Å². The van der Waals surface area contributed by atoms with Gasteiger partial charge in [0.1, 0.15) is 5.75 Å². The van der Waals surface area contributed by atoms with Gasteiger partial charge >= 0.3 is 0 Å². The molecule has 4 rings (SSSR count). The van der Waals surface area contributed by atoms with E-state index in [1.165, 1.54) is 35.3 Å². The quantitative estimate of drug-likeness (QED) is 0.342. The Balaban J connectivity index is 1.26. The number of thioether (sulfide) groups is 1. The Morgan fingerprint density at radius 1 is 1.21 bits per heavy atom. The van der Waals surface area contributed by atoms with Crippen molar-refractivity contribution in [2.75, 3.05) is 32.5 Å². The number of piperidine rings is 1. The maximum Gasteiger partial charge on any atom is 0.243 e. The van der Waals surface area contributed by atoms with Crippen LogP contribution in [-0.4, -0.2) is 66.3 Å². The highest BCUT2D eigenvalue weighted by molar-refractivity contribution is 7.99. The molecule has 0 radical (unpaired) electrons. The molecule has 2 N–H and O–H groups in total. The molecule has 1 aromatic heterocycles. The zero-order valence-electron chi connectivity index (χ0n) is 18.8. The number of rotatable bonds is 9. The molecule has 1 aliphatic heterocycles. The van der Waals surface area contributed by atoms with Crippen LogP contribution in [-0.2, 0) is 14.8 Å². The van der Waals surface area contributed by atoms with Gasteiger partial charge in [-0.2, -0.15) is 4.31 Å². The summed E-state index contributed by atoms with van der Waals surface area (Å²) in [5.74, 6) is 1.40. The number of aromatic nitrogens is 3. The molecule has 11 heteroatoms. The molecule has 3 aromatic rings. The van der Waals surface area contributed by atoms with Gasteiger partial charge in [0.2, 0.25) is 21.1 Å². The SMILES string of the molecule is COc1ccc(S(=O)(=O)N2CCC[C@@H](C(=O)NCCSc3n[nH]c(-c4ccccc4)n3)C2)cc1. The van der Waals surface area contributed by atoms with Crippen LogP contribution in [0.25, 0.3) is 11.4 Å². The minimum absolute atomic E-state index is 0.129. The topological polar surface area (TPSA) is 117 Å². The van der Waals surface area contributed by atoms with Crippen molar-refractivity contribution in [3.05, 3.63) is 54.6 Å². The highest BCUT2D eigenvalue weighted by Gasteiger charge is 2.33. The van der Waals surface area contributed by atoms with Gasteiger partial charge in [0.25, 0.3) is 0 Å². The molecule has 180 valence electrons. The third-order valence-corrected chi connectivity index (χ3v) is 8.33. The Morgan fingerprint density at radius 2 is 1.97 bits per heavy atom. The van der Waals surface area contributed by atoms with Gasteiger partial charge in [-0.25, -0.2) is 13.4 Å². The molecule has 0 aliphatic carbocycles. The van der Waals surface area contributed by atoms with Crippen molar-refractivity contribution >= 4 is 27.7 Å². The van der Waals surface area contributed by atoms with Crippen molar-refractivity contribution < 1.29 is 17.9 Å². The lowest BCUT2D eigenvalue weighted by atomic mass is 9.99. The predicted molar refractivity (Wildman–Crippen MR) is 130 cm³/mol. The lowest BCUT2D eigenvalue weighted by molar-refractivity contribution is -0.125. The molecule has 1 saturated heterocycles. The summed E-state index contributed by atoms with van der Waals surface area (Å²) >= 11 is 1.44. The number of sulfonamides is 1. The molecule has 1 amide bonds. The van der Waals surface area contributed by atoms with Crippen LogP contribution in [0.1, 0.15) is 12.8 Å². The minimum Gasteiger partial charge on any atom is -0.497 e. The number of nitrogens with zero attached hydrogens (tertiary/aromatic N) is 3. The second-order valence-corrected chi connectivity index (χ2v) is 10.8. The summed E-state index contributed by atoms with van der Waals surface area (Å²) in [5, 5.41) is 10.7. The molecule has 1 aliphatic rings. The molecule has 0 bridgehead atoms. The highest BCUT2D eigenvalue weighted by atomic mass is 32.2. The molecule has 2 aromatic carbocycles. The van der Waals surface area contributed by atoms with E-state index in [9.17, 15) is 13.2 Å². The number of benzene rings is 2. The van der Waals surface area contributed by atoms with Crippen LogP contribution in [0.3, 0.4) is 0 Å². The van der Waals surface area contributed by atoms with E-state index in [1.807, 2.05) is 30.3 Å². The van der Waals surface area contributed by atoms with E-state index in [-0.39, 0.29) is 23.3 Å². The van der Waals surface area contributed by atoms with E-state index in [2.05, 4.69) is 20.5 Å². The number of carbonyl (C=O) groups is 1. The van der Waals surface area contributed by atoms with Gasteiger partial charge in [0.05, 0.1) is 17.9 Å². The second kappa shape index (κ2) is 11.0. The first-order valence-corrected chi connectivity index (χ1v) is 13.4. The average molecular weight is 502 g/mol. The van der Waals surface area contributed by atoms with Gasteiger partial charge in [-0.05, 0) is 37.1 Å². The summed E-state index contributed by atoms with van der Waals surface area (Å²) < 4.78 is 32.5. The monoisotopic (exact) mass is 501 g/mol. The lowest BCUT2D eigenvalue weighted by Gasteiger charge is -2.31. The van der Waals surface area contributed by atoms with Crippen molar-refractivity contribution in [2.45, 2.75) is 22.9 Å². The Labute approximate surface area is 203 Å². The van der Waals surface area contributed by atoms with Crippen LogP contribution in [0.5, 0.6) is 5.75 Å². The zero-order valence-corrected chi connectivity index (χ0v) is 20.4. The molecule has 0 saturated carbocycles. The first kappa shape index (κ1) is 24.2. The standard InChI is InChI=1S/C23H27N5O4S2/c1-32-19-9-11-20(12-10-19)34(30,31)28-14-5-8-18(16-28)22(29)24-13-15-33-23-25-21(26-27-23)17-6-3-2-4-7-17/h2-4,6-7,9-12,18H,5,8,13-16H2,1H3,(H,24,29)(H,25,26,27)/t18-/m1/s1. The van der Waals surface area contributed by atoms with E-state index in [4.69, 9.17) is 4.74 Å². The van der Waals surface area contributed by atoms with Crippen molar-refractivity contribution in [1.29, 1.82) is 0 Å². The van der Waals surface area contributed by atoms with Crippen molar-refractivity contribution in [3.63, 3.8) is 0 Å². The molecule has 2 heterocycles. The van der Waals surface area contributed by atoms with E-state index >= 15 is 0 Å². The average Bonchev–Trinajstić information content (AvgIpc) is 3.36. The van der Waals surface area contributed by atoms with Gasteiger partial charge in [-0.1, -0.05) is 42.1 Å². The fourth-order valence-corrected chi connectivity index (χ4v) is 5.95. The third kappa shape index (κ3) is 5.78. The predicted octanol–water partition coefficient (Wildman–Crippen LogP) is 2.79. The van der Waals surface area contributed by atoms with Gasteiger partial charge in [0.15, 0.2) is 5.82 Å². The molecule has 1 fully saturated rings. The van der Waals surface area contributed by atoms with Gasteiger partial charge in [0, 0.05) is 31.0 Å². The maximum absolute atomic E-state index is 13.0. The number of hydrogen-bond acceptors (Lipinski definition) is 7. The number of H-pyrrole nitrogens is 1. The van der Waals surface area contributed by atoms with Crippen LogP contribution in [0.15, 0.2) is 64.6 Å². The molecule has 1 atom stereocenters. The largest absolute Gasteiger partial charge is 0.497 e. The molecule has 0 unspecified atom stereocenters. The fourth-order valence-electron chi connectivity index (χ4n) is 3.77. The number of nitrogens with one attached hydrogen (secondary N) is 2. The van der Waals surface area contributed by atoms with E-state index in [0.29, 0.717) is 48.4 Å². The number of carbonyl (C=O) groups excluding carboxylic acids is 1. The van der Waals surface area contributed by atoms with Crippen LogP contribution < -0.4 is 10.1 Å². The molecule has 9 nitrogen and oxygen atoms in total. The van der Waals surface area contributed by atoms with Crippen molar-refractivity contribution in [1.82, 2.24) is 24.8 Å². The summed E-state index contributed by atoms with van der Waals surface area (Å²) in [4.78, 5) is 17.4. The zero-order chi connectivity index (χ0) is 24.0. The Hall–Kier alpha value is -2.89. The van der Waals surface area contributed by atoms with Crippen molar-refractivity contribution in [3.8, 4) is 17.1 Å². The number of aromatic amines is 1. The van der Waals surface area contributed by atoms with Crippen LogP contribution in [0, 0.1) is 5.92 Å². The second-order valence-electron chi connectivity index (χ2n) is 7.85. The van der Waals surface area contributed by atoms with E-state index in [1.54, 1.807) is 12.1 Å². The van der Waals surface area contributed by atoms with E-state index < -0.39 is 10.0 Å². The summed E-state index contributed by atoms with van der Waals surface area (Å²) in [5.41, 5.74) is 0.960. The molecule has 0 spiro atoms. The first-order chi connectivity index (χ1) is 16.5. The maximum atomic E-state index is 13.0. The van der Waals surface area contributed by atoms with Gasteiger partial charge in [-0.15, -0.1) is 5.10 Å². The minimum atomic E-state index is -3.66. The molecule has 34 heavy (non-hydrogen) atoms. The summed E-state index contributed by atoms with van der Waals surface area (Å²) in [7, 11) is -2.13. The fraction of sp³-hybridized carbons (Fsp3) is 0.348. The first-order valence-electron chi connectivity index (χ1n) is 11.0. The van der Waals surface area contributed by atoms with Crippen LogP contribution in [0.2, 0.25) is 0 Å². The Bertz CT molecular complexity index is 1200. The van der Waals surface area contributed by atoms with Crippen LogP contribution >= 0.6 is 11.8 Å². The molecular weight excluding hydrogens is 474 g/mol. The van der Waals surface area contributed by atoms with Gasteiger partial charge < -0.3 is 10.1 Å². The van der Waals surface area contributed by atoms with Crippen molar-refractivity contribution in [2.24, 2.45) is 5.92 Å². The third-order valence-electron chi connectivity index (χ3n) is 5.60. The summed E-state index contributed by atoms with van der Waals surface area (Å²) in [6.45, 7) is 1.03. The summed E-state index contributed by atoms with van der Waals surface area (Å²) in [6, 6.07) is 16.0. The highest BCUT2D eigenvalue weighted by Crippen LogP contribution is 2.25. The Morgan fingerprint density at radius 3 is 2.71 bits per heavy atom. The number of amides is 1. The number of hydrogen-bond donors (Lipinski definition) is 2. The van der Waals surface area contributed by atoms with Crippen LogP contribution in [0.4, 0.5) is 0 Å². The summed E-state index contributed by atoms with van der Waals surface area (Å²) in [6.07, 6.45) is 1.30. The Kier molecular flexibility index (Phi) is 7.86. The smallest absolute Gasteiger partial charge is 0.243 e.